The second-order valence-electron chi connectivity index (χ2n) is 8.98. The number of nitrogens with zero attached hydrogens (tertiary/aromatic N) is 3. The van der Waals surface area contributed by atoms with Gasteiger partial charge in [0, 0.05) is 22.5 Å². The predicted octanol–water partition coefficient (Wildman–Crippen LogP) is 4.91. The number of imide groups is 1. The van der Waals surface area contributed by atoms with Gasteiger partial charge in [-0.05, 0) is 72.6 Å². The summed E-state index contributed by atoms with van der Waals surface area (Å²) >= 11 is 6.66. The molecule has 3 heterocycles. The van der Waals surface area contributed by atoms with Gasteiger partial charge < -0.3 is 10.4 Å². The Morgan fingerprint density at radius 2 is 2.03 bits per heavy atom. The molecule has 1 aromatic heterocycles. The van der Waals surface area contributed by atoms with E-state index in [-0.39, 0.29) is 47.0 Å². The van der Waals surface area contributed by atoms with Crippen LogP contribution in [-0.2, 0) is 17.5 Å². The number of halogens is 4. The molecule has 2 saturated heterocycles. The van der Waals surface area contributed by atoms with E-state index in [1.165, 1.54) is 21.7 Å². The Morgan fingerprint density at radius 3 is 2.78 bits per heavy atom. The fourth-order valence-electron chi connectivity index (χ4n) is 4.74. The fourth-order valence-corrected chi connectivity index (χ4v) is 5.81. The first-order valence-corrected chi connectivity index (χ1v) is 12.8. The number of hydrogen-bond acceptors (Lipinski definition) is 6. The van der Waals surface area contributed by atoms with Crippen molar-refractivity contribution >= 4 is 51.5 Å². The van der Waals surface area contributed by atoms with E-state index in [2.05, 4.69) is 10.4 Å². The third kappa shape index (κ3) is 5.26. The van der Waals surface area contributed by atoms with Crippen molar-refractivity contribution in [3.05, 3.63) is 69.2 Å². The highest BCUT2D eigenvalue weighted by Gasteiger charge is 2.41. The maximum atomic E-state index is 13.5. The number of aliphatic hydroxyl groups is 1. The number of piperidine rings is 1. The molecule has 2 aliphatic rings. The van der Waals surface area contributed by atoms with Crippen LogP contribution >= 0.6 is 23.4 Å². The number of fused-ring (bicyclic) bond motifs is 1. The summed E-state index contributed by atoms with van der Waals surface area (Å²) in [4.78, 5) is 27.2. The topological polar surface area (TPSA) is 87.5 Å². The highest BCUT2D eigenvalue weighted by Crippen LogP contribution is 2.37. The number of aromatic nitrogens is 2. The molecule has 1 unspecified atom stereocenters. The molecule has 2 atom stereocenters. The number of alkyl halides is 3. The van der Waals surface area contributed by atoms with E-state index in [4.69, 9.17) is 11.6 Å². The quantitative estimate of drug-likeness (QED) is 0.439. The number of hydrogen-bond donors (Lipinski definition) is 2. The summed E-state index contributed by atoms with van der Waals surface area (Å²) in [6, 6.07) is 8.45. The highest BCUT2D eigenvalue weighted by atomic mass is 35.5. The van der Waals surface area contributed by atoms with Crippen LogP contribution in [0.5, 0.6) is 0 Å². The van der Waals surface area contributed by atoms with Crippen molar-refractivity contribution in [2.45, 2.75) is 37.6 Å². The van der Waals surface area contributed by atoms with E-state index < -0.39 is 11.7 Å². The highest BCUT2D eigenvalue weighted by molar-refractivity contribution is 8.18. The minimum Gasteiger partial charge on any atom is -0.395 e. The standard InChI is InChI=1S/C25H22ClF3N4O3S/c26-17-3-2-15(20(9-17)25(27,28)29)12-32-21-4-1-14(7-16(21)11-31-32)8-22-23(35)33(24(36)37-22)19-5-6-30-18(10-19)13-34/h1-4,7-9,11,18-19,30,34H,5-6,10,12-13H2/b22-8-/t18-,19?/m1/s1. The molecular weight excluding hydrogens is 529 g/mol. The largest absolute Gasteiger partial charge is 0.416 e. The monoisotopic (exact) mass is 550 g/mol. The first kappa shape index (κ1) is 25.8. The number of benzene rings is 2. The van der Waals surface area contributed by atoms with E-state index in [9.17, 15) is 27.9 Å². The van der Waals surface area contributed by atoms with Crippen LogP contribution < -0.4 is 5.32 Å². The fraction of sp³-hybridized carbons (Fsp3) is 0.320. The maximum Gasteiger partial charge on any atom is 0.416 e. The van der Waals surface area contributed by atoms with Gasteiger partial charge in [0.1, 0.15) is 0 Å². The van der Waals surface area contributed by atoms with Gasteiger partial charge >= 0.3 is 6.18 Å². The lowest BCUT2D eigenvalue weighted by molar-refractivity contribution is -0.138. The van der Waals surface area contributed by atoms with Crippen molar-refractivity contribution in [1.82, 2.24) is 20.0 Å². The summed E-state index contributed by atoms with van der Waals surface area (Å²) in [6.07, 6.45) is -0.251. The van der Waals surface area contributed by atoms with Gasteiger partial charge in [-0.1, -0.05) is 23.7 Å². The maximum absolute atomic E-state index is 13.5. The van der Waals surface area contributed by atoms with Crippen LogP contribution in [0.4, 0.5) is 18.0 Å². The molecule has 5 rings (SSSR count). The summed E-state index contributed by atoms with van der Waals surface area (Å²) in [5, 5.41) is 17.2. The van der Waals surface area contributed by atoms with Crippen molar-refractivity contribution < 1.29 is 27.9 Å². The Hall–Kier alpha value is -2.86. The van der Waals surface area contributed by atoms with Crippen LogP contribution in [0.25, 0.3) is 17.0 Å². The van der Waals surface area contributed by atoms with E-state index in [0.29, 0.717) is 40.8 Å². The summed E-state index contributed by atoms with van der Waals surface area (Å²) in [6.45, 7) is 0.447. The first-order chi connectivity index (χ1) is 17.6. The normalized spacial score (nSPS) is 22.0. The molecular formula is C25H22ClF3N4O3S. The van der Waals surface area contributed by atoms with Crippen LogP contribution in [0.1, 0.15) is 29.5 Å². The first-order valence-electron chi connectivity index (χ1n) is 11.6. The summed E-state index contributed by atoms with van der Waals surface area (Å²) < 4.78 is 42.0. The minimum atomic E-state index is -4.55. The lowest BCUT2D eigenvalue weighted by Gasteiger charge is -2.33. The Balaban J connectivity index is 1.38. The summed E-state index contributed by atoms with van der Waals surface area (Å²) in [5.41, 5.74) is 0.521. The third-order valence-electron chi connectivity index (χ3n) is 6.54. The third-order valence-corrected chi connectivity index (χ3v) is 7.66. The van der Waals surface area contributed by atoms with E-state index in [0.717, 1.165) is 17.8 Å². The number of rotatable bonds is 5. The molecule has 2 amide bonds. The Kier molecular flexibility index (Phi) is 7.06. The summed E-state index contributed by atoms with van der Waals surface area (Å²) in [7, 11) is 0. The van der Waals surface area contributed by atoms with Crippen LogP contribution in [0.2, 0.25) is 5.02 Å². The lowest BCUT2D eigenvalue weighted by Crippen LogP contribution is -2.50. The van der Waals surface area contributed by atoms with Crippen LogP contribution in [0.3, 0.4) is 0 Å². The van der Waals surface area contributed by atoms with E-state index in [1.807, 2.05) is 0 Å². The molecule has 0 bridgehead atoms. The van der Waals surface area contributed by atoms with E-state index >= 15 is 0 Å². The Labute approximate surface area is 219 Å². The van der Waals surface area contributed by atoms with Crippen LogP contribution in [-0.4, -0.2) is 56.2 Å². The molecule has 2 aliphatic heterocycles. The smallest absolute Gasteiger partial charge is 0.395 e. The predicted molar refractivity (Wildman–Crippen MR) is 135 cm³/mol. The van der Waals surface area contributed by atoms with Crippen molar-refractivity contribution in [1.29, 1.82) is 0 Å². The number of amides is 2. The molecule has 37 heavy (non-hydrogen) atoms. The zero-order chi connectivity index (χ0) is 26.3. The SMILES string of the molecule is O=C1S/C(=C\c2ccc3c(cnn3Cc3ccc(Cl)cc3C(F)(F)F)c2)C(=O)N1C1CCN[C@@H](CO)C1. The Bertz CT molecular complexity index is 1410. The van der Waals surface area contributed by atoms with Gasteiger partial charge in [0.2, 0.25) is 0 Å². The second-order valence-corrected chi connectivity index (χ2v) is 10.4. The zero-order valence-electron chi connectivity index (χ0n) is 19.3. The van der Waals surface area contributed by atoms with E-state index in [1.54, 1.807) is 30.5 Å². The number of carbonyl (C=O) groups excluding carboxylic acids is 2. The molecule has 7 nitrogen and oxygen atoms in total. The van der Waals surface area contributed by atoms with Gasteiger partial charge in [-0.2, -0.15) is 18.3 Å². The van der Waals surface area contributed by atoms with Gasteiger partial charge in [-0.25, -0.2) is 0 Å². The molecule has 2 N–H and O–H groups in total. The molecule has 0 spiro atoms. The Morgan fingerprint density at radius 1 is 1.22 bits per heavy atom. The number of thioether (sulfide) groups is 1. The van der Waals surface area contributed by atoms with Crippen molar-refractivity contribution in [2.75, 3.05) is 13.2 Å². The molecule has 2 fully saturated rings. The van der Waals surface area contributed by atoms with Crippen molar-refractivity contribution in [3.8, 4) is 0 Å². The van der Waals surface area contributed by atoms with Crippen LogP contribution in [0, 0.1) is 0 Å². The molecule has 0 aliphatic carbocycles. The van der Waals surface area contributed by atoms with Gasteiger partial charge in [0.25, 0.3) is 11.1 Å². The number of aliphatic hydroxyl groups excluding tert-OH is 1. The molecule has 12 heteroatoms. The van der Waals surface area contributed by atoms with Gasteiger partial charge in [-0.15, -0.1) is 0 Å². The van der Waals surface area contributed by atoms with Crippen molar-refractivity contribution in [2.24, 2.45) is 0 Å². The summed E-state index contributed by atoms with van der Waals surface area (Å²) in [5.74, 6) is -0.364. The zero-order valence-corrected chi connectivity index (χ0v) is 20.9. The molecule has 0 saturated carbocycles. The second kappa shape index (κ2) is 10.1. The molecule has 194 valence electrons. The molecule has 3 aromatic rings. The number of nitrogens with one attached hydrogen (secondary N) is 1. The van der Waals surface area contributed by atoms with Crippen LogP contribution in [0.15, 0.2) is 47.5 Å². The van der Waals surface area contributed by atoms with Gasteiger partial charge in [0.15, 0.2) is 0 Å². The van der Waals surface area contributed by atoms with Gasteiger partial charge in [0.05, 0.1) is 35.3 Å². The van der Waals surface area contributed by atoms with Crippen molar-refractivity contribution in [3.63, 3.8) is 0 Å². The average Bonchev–Trinajstić information content (AvgIpc) is 3.38. The average molecular weight is 551 g/mol. The minimum absolute atomic E-state index is 0.00354. The number of carbonyl (C=O) groups is 2. The molecule has 0 radical (unpaired) electrons. The lowest BCUT2D eigenvalue weighted by atomic mass is 9.98. The molecule has 2 aromatic carbocycles. The van der Waals surface area contributed by atoms with Gasteiger partial charge in [-0.3, -0.25) is 19.2 Å².